The summed E-state index contributed by atoms with van der Waals surface area (Å²) in [6, 6.07) is 13.2. The third kappa shape index (κ3) is 3.96. The minimum Gasteiger partial charge on any atom is -0.463 e. The lowest BCUT2D eigenvalue weighted by Gasteiger charge is -2.11. The van der Waals surface area contributed by atoms with E-state index in [0.717, 1.165) is 43.0 Å². The number of hydrogen-bond acceptors (Lipinski definition) is 6. The standard InChI is InChI=1S/C27H27N7O2/c1-17(2)34-26-21(16-28-34)20(15-22(30-26)23-10-7-13-36-23)27(35)29-19-9-6-8-18(14-19)25-32-31-24-11-4-3-5-12-33(24)25/h6-10,13-17H,3-5,11-12H2,1-2H3,(H,29,35). The van der Waals surface area contributed by atoms with Crippen LogP contribution in [0.1, 0.15) is 55.3 Å². The number of fused-ring (bicyclic) bond motifs is 2. The SMILES string of the molecule is CC(C)n1ncc2c(C(=O)Nc3cccc(-c4nnc5n4CCCCC5)c3)cc(-c3ccco3)nc21. The number of nitrogens with zero attached hydrogens (tertiary/aromatic N) is 6. The lowest BCUT2D eigenvalue weighted by molar-refractivity contribution is 0.102. The fourth-order valence-electron chi connectivity index (χ4n) is 4.77. The molecule has 1 aliphatic heterocycles. The molecule has 36 heavy (non-hydrogen) atoms. The second-order valence-electron chi connectivity index (χ2n) is 9.39. The Labute approximate surface area is 208 Å². The van der Waals surface area contributed by atoms with Crippen LogP contribution in [0.3, 0.4) is 0 Å². The van der Waals surface area contributed by atoms with Gasteiger partial charge in [0.1, 0.15) is 11.5 Å². The molecule has 1 aromatic carbocycles. The molecule has 0 aliphatic carbocycles. The van der Waals surface area contributed by atoms with Gasteiger partial charge in [-0.1, -0.05) is 18.6 Å². The smallest absolute Gasteiger partial charge is 0.256 e. The van der Waals surface area contributed by atoms with Gasteiger partial charge in [-0.15, -0.1) is 10.2 Å². The van der Waals surface area contributed by atoms with E-state index in [-0.39, 0.29) is 11.9 Å². The predicted molar refractivity (Wildman–Crippen MR) is 137 cm³/mol. The van der Waals surface area contributed by atoms with Gasteiger partial charge in [0, 0.05) is 30.3 Å². The summed E-state index contributed by atoms with van der Waals surface area (Å²) < 4.78 is 9.59. The number of pyridine rings is 1. The molecule has 1 aliphatic rings. The Morgan fingerprint density at radius 3 is 2.83 bits per heavy atom. The molecular formula is C27H27N7O2. The van der Waals surface area contributed by atoms with Crippen LogP contribution in [-0.2, 0) is 13.0 Å². The summed E-state index contributed by atoms with van der Waals surface area (Å²) in [6.45, 7) is 4.98. The average molecular weight is 482 g/mol. The van der Waals surface area contributed by atoms with E-state index in [9.17, 15) is 4.79 Å². The van der Waals surface area contributed by atoms with Crippen molar-refractivity contribution < 1.29 is 9.21 Å². The molecule has 0 fully saturated rings. The van der Waals surface area contributed by atoms with Gasteiger partial charge in [0.2, 0.25) is 0 Å². The van der Waals surface area contributed by atoms with Gasteiger partial charge < -0.3 is 14.3 Å². The third-order valence-corrected chi connectivity index (χ3v) is 6.56. The zero-order valence-electron chi connectivity index (χ0n) is 20.3. The molecule has 182 valence electrons. The van der Waals surface area contributed by atoms with E-state index >= 15 is 0 Å². The van der Waals surface area contributed by atoms with Gasteiger partial charge in [0.15, 0.2) is 17.2 Å². The van der Waals surface area contributed by atoms with Crippen molar-refractivity contribution in [3.63, 3.8) is 0 Å². The van der Waals surface area contributed by atoms with Crippen molar-refractivity contribution in [3.05, 3.63) is 66.3 Å². The van der Waals surface area contributed by atoms with Crippen molar-refractivity contribution >= 4 is 22.6 Å². The fourth-order valence-corrected chi connectivity index (χ4v) is 4.77. The molecule has 0 saturated heterocycles. The summed E-state index contributed by atoms with van der Waals surface area (Å²) >= 11 is 0. The Morgan fingerprint density at radius 1 is 1.08 bits per heavy atom. The van der Waals surface area contributed by atoms with Crippen LogP contribution in [0.4, 0.5) is 5.69 Å². The predicted octanol–water partition coefficient (Wildman–Crippen LogP) is 5.51. The molecule has 4 aromatic heterocycles. The van der Waals surface area contributed by atoms with E-state index in [1.165, 1.54) is 6.42 Å². The molecule has 1 N–H and O–H groups in total. The highest BCUT2D eigenvalue weighted by molar-refractivity contribution is 6.12. The van der Waals surface area contributed by atoms with Crippen LogP contribution in [0.25, 0.3) is 33.9 Å². The van der Waals surface area contributed by atoms with Gasteiger partial charge in [-0.2, -0.15) is 5.10 Å². The zero-order chi connectivity index (χ0) is 24.6. The maximum Gasteiger partial charge on any atom is 0.256 e. The second kappa shape index (κ2) is 9.07. The molecule has 5 aromatic rings. The van der Waals surface area contributed by atoms with Crippen molar-refractivity contribution in [2.45, 2.75) is 52.1 Å². The van der Waals surface area contributed by atoms with E-state index in [1.54, 1.807) is 24.6 Å². The normalized spacial score (nSPS) is 13.6. The van der Waals surface area contributed by atoms with Crippen molar-refractivity contribution in [2.75, 3.05) is 5.32 Å². The van der Waals surface area contributed by atoms with Crippen molar-refractivity contribution in [1.29, 1.82) is 0 Å². The Bertz CT molecular complexity index is 1550. The summed E-state index contributed by atoms with van der Waals surface area (Å²) in [6.07, 6.45) is 7.70. The monoisotopic (exact) mass is 481 g/mol. The number of amides is 1. The molecule has 9 heteroatoms. The second-order valence-corrected chi connectivity index (χ2v) is 9.39. The van der Waals surface area contributed by atoms with Crippen LogP contribution in [0.5, 0.6) is 0 Å². The number of benzene rings is 1. The molecule has 0 unspecified atom stereocenters. The molecule has 5 heterocycles. The summed E-state index contributed by atoms with van der Waals surface area (Å²) in [4.78, 5) is 18.3. The molecule has 9 nitrogen and oxygen atoms in total. The number of hydrogen-bond donors (Lipinski definition) is 1. The Balaban J connectivity index is 1.36. The zero-order valence-corrected chi connectivity index (χ0v) is 20.3. The van der Waals surface area contributed by atoms with Crippen molar-refractivity contribution in [1.82, 2.24) is 29.5 Å². The number of rotatable bonds is 5. The minimum absolute atomic E-state index is 0.0905. The van der Waals surface area contributed by atoms with Gasteiger partial charge in [0.25, 0.3) is 5.91 Å². The van der Waals surface area contributed by atoms with E-state index in [0.29, 0.717) is 33.7 Å². The van der Waals surface area contributed by atoms with Gasteiger partial charge >= 0.3 is 0 Å². The van der Waals surface area contributed by atoms with Crippen molar-refractivity contribution in [2.24, 2.45) is 0 Å². The Morgan fingerprint density at radius 2 is 2.00 bits per heavy atom. The number of carbonyl (C=O) groups is 1. The Kier molecular flexibility index (Phi) is 5.59. The molecule has 1 amide bonds. The molecule has 0 atom stereocenters. The number of furan rings is 1. The molecule has 6 rings (SSSR count). The summed E-state index contributed by atoms with van der Waals surface area (Å²) in [7, 11) is 0. The highest BCUT2D eigenvalue weighted by Gasteiger charge is 2.21. The first-order valence-electron chi connectivity index (χ1n) is 12.3. The maximum atomic E-state index is 13.6. The number of aromatic nitrogens is 6. The highest BCUT2D eigenvalue weighted by Crippen LogP contribution is 2.29. The van der Waals surface area contributed by atoms with Crippen LogP contribution < -0.4 is 5.32 Å². The summed E-state index contributed by atoms with van der Waals surface area (Å²) in [5.41, 5.74) is 3.32. The van der Waals surface area contributed by atoms with Gasteiger partial charge in [0.05, 0.1) is 23.4 Å². The number of anilines is 1. The first-order chi connectivity index (χ1) is 17.6. The lowest BCUT2D eigenvalue weighted by atomic mass is 10.1. The summed E-state index contributed by atoms with van der Waals surface area (Å²) in [5, 5.41) is 17.1. The first kappa shape index (κ1) is 22.2. The van der Waals surface area contributed by atoms with Crippen molar-refractivity contribution in [3.8, 4) is 22.8 Å². The molecular weight excluding hydrogens is 454 g/mol. The van der Waals surface area contributed by atoms with Gasteiger partial charge in [-0.05, 0) is 57.0 Å². The number of aryl methyl sites for hydroxylation is 1. The molecule has 0 radical (unpaired) electrons. The molecule has 0 saturated carbocycles. The van der Waals surface area contributed by atoms with E-state index in [1.807, 2.05) is 48.9 Å². The van der Waals surface area contributed by atoms with E-state index < -0.39 is 0 Å². The summed E-state index contributed by atoms with van der Waals surface area (Å²) in [5.74, 6) is 2.23. The third-order valence-electron chi connectivity index (χ3n) is 6.56. The van der Waals surface area contributed by atoms with Gasteiger partial charge in [-0.3, -0.25) is 4.79 Å². The van der Waals surface area contributed by atoms with Crippen LogP contribution in [0, 0.1) is 0 Å². The number of nitrogens with one attached hydrogen (secondary N) is 1. The van der Waals surface area contributed by atoms with Crippen LogP contribution in [-0.4, -0.2) is 35.4 Å². The van der Waals surface area contributed by atoms with E-state index in [2.05, 4.69) is 25.2 Å². The topological polar surface area (TPSA) is 104 Å². The minimum atomic E-state index is -0.240. The van der Waals surface area contributed by atoms with Crippen LogP contribution in [0.2, 0.25) is 0 Å². The number of carbonyl (C=O) groups excluding carboxylic acids is 1. The van der Waals surface area contributed by atoms with Gasteiger partial charge in [-0.25, -0.2) is 9.67 Å². The van der Waals surface area contributed by atoms with Crippen LogP contribution >= 0.6 is 0 Å². The first-order valence-corrected chi connectivity index (χ1v) is 12.3. The van der Waals surface area contributed by atoms with E-state index in [4.69, 9.17) is 9.40 Å². The van der Waals surface area contributed by atoms with Crippen LogP contribution in [0.15, 0.2) is 59.3 Å². The fraction of sp³-hybridized carbons (Fsp3) is 0.296. The molecule has 0 bridgehead atoms. The molecule has 0 spiro atoms. The maximum absolute atomic E-state index is 13.6. The quantitative estimate of drug-likeness (QED) is 0.355. The largest absolute Gasteiger partial charge is 0.463 e. The average Bonchev–Trinajstić information content (AvgIpc) is 3.61. The Hall–Kier alpha value is -4.27. The highest BCUT2D eigenvalue weighted by atomic mass is 16.3. The lowest BCUT2D eigenvalue weighted by Crippen LogP contribution is -2.13.